The van der Waals surface area contributed by atoms with E-state index < -0.39 is 0 Å². The third kappa shape index (κ3) is 3.55. The lowest BCUT2D eigenvalue weighted by Gasteiger charge is -2.43. The van der Waals surface area contributed by atoms with Crippen molar-refractivity contribution >= 4 is 5.95 Å². The molecular formula is C21H25N7O. The summed E-state index contributed by atoms with van der Waals surface area (Å²) in [6.45, 7) is 3.99. The summed E-state index contributed by atoms with van der Waals surface area (Å²) in [5.74, 6) is 1.56. The molecule has 3 heterocycles. The normalized spacial score (nSPS) is 22.4. The molecular weight excluding hydrogens is 366 g/mol. The molecule has 150 valence electrons. The lowest BCUT2D eigenvalue weighted by Crippen LogP contribution is -2.59. The summed E-state index contributed by atoms with van der Waals surface area (Å²) >= 11 is 0. The zero-order chi connectivity index (χ0) is 19.8. The van der Waals surface area contributed by atoms with E-state index in [1.165, 1.54) is 19.3 Å². The number of rotatable bonds is 4. The highest BCUT2D eigenvalue weighted by atomic mass is 16.3. The van der Waals surface area contributed by atoms with Crippen LogP contribution in [-0.2, 0) is 0 Å². The highest BCUT2D eigenvalue weighted by Gasteiger charge is 2.34. The largest absolute Gasteiger partial charge is 0.507 e. The van der Waals surface area contributed by atoms with Gasteiger partial charge in [-0.15, -0.1) is 10.2 Å². The number of nitrogens with zero attached hydrogens (tertiary/aromatic N) is 5. The summed E-state index contributed by atoms with van der Waals surface area (Å²) in [6, 6.07) is 6.36. The molecule has 0 bridgehead atoms. The Morgan fingerprint density at radius 2 is 2.00 bits per heavy atom. The second-order valence-electron chi connectivity index (χ2n) is 8.13. The second-order valence-corrected chi connectivity index (χ2v) is 8.13. The van der Waals surface area contributed by atoms with Gasteiger partial charge in [0.05, 0.1) is 12.4 Å². The number of aromatic amines is 1. The van der Waals surface area contributed by atoms with Gasteiger partial charge in [0.2, 0.25) is 5.95 Å². The molecule has 29 heavy (non-hydrogen) atoms. The Balaban J connectivity index is 1.35. The number of aromatic hydroxyl groups is 1. The van der Waals surface area contributed by atoms with Crippen LogP contribution in [0.1, 0.15) is 26.2 Å². The number of phenolic OH excluding ortho intramolecular Hbond substituents is 1. The Labute approximate surface area is 169 Å². The van der Waals surface area contributed by atoms with E-state index in [9.17, 15) is 5.11 Å². The first kappa shape index (κ1) is 18.1. The van der Waals surface area contributed by atoms with Gasteiger partial charge in [-0.2, -0.15) is 5.10 Å². The standard InChI is InChI=1S/C21H25N7O/c1-13-11-28(12-19(25-13)14-3-2-4-14)21-22-10-18(26-27-21)17-6-5-15(7-20(17)29)16-8-23-24-9-16/h5-10,13-14,19,25,29H,2-4,11-12H2,1H3,(H,23,24)/t13-,19-/m1/s1. The molecule has 1 aromatic carbocycles. The molecule has 3 N–H and O–H groups in total. The van der Waals surface area contributed by atoms with Crippen molar-refractivity contribution in [3.05, 3.63) is 36.8 Å². The third-order valence-electron chi connectivity index (χ3n) is 6.07. The van der Waals surface area contributed by atoms with Crippen LogP contribution >= 0.6 is 0 Å². The molecule has 0 amide bonds. The number of hydrogen-bond acceptors (Lipinski definition) is 7. The minimum Gasteiger partial charge on any atom is -0.507 e. The van der Waals surface area contributed by atoms with E-state index >= 15 is 0 Å². The minimum atomic E-state index is 0.147. The van der Waals surface area contributed by atoms with E-state index in [4.69, 9.17) is 0 Å². The number of nitrogens with one attached hydrogen (secondary N) is 2. The van der Waals surface area contributed by atoms with Gasteiger partial charge < -0.3 is 15.3 Å². The topological polar surface area (TPSA) is 103 Å². The summed E-state index contributed by atoms with van der Waals surface area (Å²) in [6.07, 6.45) is 9.16. The van der Waals surface area contributed by atoms with Crippen molar-refractivity contribution < 1.29 is 5.11 Å². The SMILES string of the molecule is C[C@@H]1CN(c2ncc(-c3ccc(-c4cn[nH]c4)cc3O)nn2)C[C@H](C2CCC2)N1. The van der Waals surface area contributed by atoms with Gasteiger partial charge in [-0.25, -0.2) is 4.98 Å². The fraction of sp³-hybridized carbons (Fsp3) is 0.429. The molecule has 0 unspecified atom stereocenters. The first-order valence-electron chi connectivity index (χ1n) is 10.2. The zero-order valence-corrected chi connectivity index (χ0v) is 16.4. The monoisotopic (exact) mass is 391 g/mol. The maximum Gasteiger partial charge on any atom is 0.245 e. The maximum absolute atomic E-state index is 10.5. The summed E-state index contributed by atoms with van der Waals surface area (Å²) < 4.78 is 0. The van der Waals surface area contributed by atoms with Gasteiger partial charge in [-0.05, 0) is 43.4 Å². The smallest absolute Gasteiger partial charge is 0.245 e. The van der Waals surface area contributed by atoms with Crippen molar-refractivity contribution in [2.75, 3.05) is 18.0 Å². The predicted molar refractivity (Wildman–Crippen MR) is 110 cm³/mol. The third-order valence-corrected chi connectivity index (χ3v) is 6.07. The summed E-state index contributed by atoms with van der Waals surface area (Å²) in [4.78, 5) is 6.79. The van der Waals surface area contributed by atoms with Gasteiger partial charge in [0.15, 0.2) is 0 Å². The van der Waals surface area contributed by atoms with Crippen molar-refractivity contribution in [2.45, 2.75) is 38.3 Å². The van der Waals surface area contributed by atoms with E-state index in [1.54, 1.807) is 24.7 Å². The van der Waals surface area contributed by atoms with E-state index in [0.717, 1.165) is 30.1 Å². The first-order chi connectivity index (χ1) is 14.2. The number of hydrogen-bond donors (Lipinski definition) is 3. The Hall–Kier alpha value is -3.00. The molecule has 1 saturated carbocycles. The average Bonchev–Trinajstić information content (AvgIpc) is 3.21. The fourth-order valence-electron chi connectivity index (χ4n) is 4.28. The lowest BCUT2D eigenvalue weighted by atomic mass is 9.78. The minimum absolute atomic E-state index is 0.147. The van der Waals surface area contributed by atoms with Crippen molar-refractivity contribution in [1.82, 2.24) is 30.7 Å². The number of H-pyrrole nitrogens is 1. The molecule has 2 aromatic heterocycles. The van der Waals surface area contributed by atoms with E-state index in [-0.39, 0.29) is 5.75 Å². The van der Waals surface area contributed by atoms with Crippen LogP contribution in [-0.4, -0.2) is 55.7 Å². The highest BCUT2D eigenvalue weighted by molar-refractivity contribution is 5.73. The zero-order valence-electron chi connectivity index (χ0n) is 16.4. The van der Waals surface area contributed by atoms with Gasteiger partial charge >= 0.3 is 0 Å². The summed E-state index contributed by atoms with van der Waals surface area (Å²) in [5.41, 5.74) is 2.98. The van der Waals surface area contributed by atoms with Crippen LogP contribution in [0.3, 0.4) is 0 Å². The molecule has 5 rings (SSSR count). The molecule has 0 radical (unpaired) electrons. The van der Waals surface area contributed by atoms with Crippen molar-refractivity contribution in [3.63, 3.8) is 0 Å². The van der Waals surface area contributed by atoms with Gasteiger partial charge in [-0.1, -0.05) is 12.5 Å². The van der Waals surface area contributed by atoms with Gasteiger partial charge in [-0.3, -0.25) is 5.10 Å². The van der Waals surface area contributed by atoms with Gasteiger partial charge in [0.1, 0.15) is 11.4 Å². The number of aromatic nitrogens is 5. The lowest BCUT2D eigenvalue weighted by molar-refractivity contribution is 0.202. The number of anilines is 1. The Morgan fingerprint density at radius 3 is 2.66 bits per heavy atom. The molecule has 1 aliphatic heterocycles. The molecule has 1 saturated heterocycles. The highest BCUT2D eigenvalue weighted by Crippen LogP contribution is 2.33. The average molecular weight is 391 g/mol. The van der Waals surface area contributed by atoms with E-state index in [0.29, 0.717) is 29.3 Å². The summed E-state index contributed by atoms with van der Waals surface area (Å²) in [5, 5.41) is 29.7. The Bertz CT molecular complexity index is 969. The van der Waals surface area contributed by atoms with Crippen LogP contribution in [0, 0.1) is 5.92 Å². The van der Waals surface area contributed by atoms with E-state index in [1.807, 2.05) is 12.1 Å². The molecule has 2 fully saturated rings. The van der Waals surface area contributed by atoms with Gasteiger partial charge in [0, 0.05) is 42.5 Å². The van der Waals surface area contributed by atoms with Crippen LogP contribution in [0.5, 0.6) is 5.75 Å². The molecule has 8 nitrogen and oxygen atoms in total. The summed E-state index contributed by atoms with van der Waals surface area (Å²) in [7, 11) is 0. The molecule has 2 atom stereocenters. The van der Waals surface area contributed by atoms with Crippen molar-refractivity contribution in [2.24, 2.45) is 5.92 Å². The van der Waals surface area contributed by atoms with Crippen LogP contribution in [0.25, 0.3) is 22.4 Å². The number of benzene rings is 1. The molecule has 0 spiro atoms. The predicted octanol–water partition coefficient (Wildman–Crippen LogP) is 2.60. The van der Waals surface area contributed by atoms with Crippen LogP contribution < -0.4 is 10.2 Å². The van der Waals surface area contributed by atoms with Crippen molar-refractivity contribution in [1.29, 1.82) is 0 Å². The Kier molecular flexibility index (Phi) is 4.63. The Morgan fingerprint density at radius 1 is 1.10 bits per heavy atom. The quantitative estimate of drug-likeness (QED) is 0.628. The second kappa shape index (κ2) is 7.44. The first-order valence-corrected chi connectivity index (χ1v) is 10.2. The molecule has 1 aliphatic carbocycles. The fourth-order valence-corrected chi connectivity index (χ4v) is 4.28. The molecule has 8 heteroatoms. The van der Waals surface area contributed by atoms with Crippen LogP contribution in [0.15, 0.2) is 36.8 Å². The number of piperazine rings is 1. The maximum atomic E-state index is 10.5. The molecule has 2 aliphatic rings. The van der Waals surface area contributed by atoms with Crippen LogP contribution in [0.2, 0.25) is 0 Å². The number of phenols is 1. The van der Waals surface area contributed by atoms with Crippen molar-refractivity contribution in [3.8, 4) is 28.1 Å². The van der Waals surface area contributed by atoms with E-state index in [2.05, 4.69) is 42.5 Å². The van der Waals surface area contributed by atoms with Crippen LogP contribution in [0.4, 0.5) is 5.95 Å². The molecule has 3 aromatic rings. The van der Waals surface area contributed by atoms with Gasteiger partial charge in [0.25, 0.3) is 0 Å².